The Morgan fingerprint density at radius 3 is 2.46 bits per heavy atom. The van der Waals surface area contributed by atoms with Gasteiger partial charge in [0, 0.05) is 73.1 Å². The molecule has 1 unspecified atom stereocenters. The molecule has 2 heterocycles. The van der Waals surface area contributed by atoms with Gasteiger partial charge in [-0.3, -0.25) is 4.99 Å². The first-order chi connectivity index (χ1) is 12.6. The maximum atomic E-state index is 5.46. The van der Waals surface area contributed by atoms with Gasteiger partial charge in [0.05, 0.1) is 0 Å². The highest BCUT2D eigenvalue weighted by Gasteiger charge is 2.18. The smallest absolute Gasteiger partial charge is 0.193 e. The van der Waals surface area contributed by atoms with E-state index in [1.165, 1.54) is 58.5 Å². The average molecular weight is 368 g/mol. The first-order valence-electron chi connectivity index (χ1n) is 10.6. The Kier molecular flexibility index (Phi) is 9.72. The largest absolute Gasteiger partial charge is 0.381 e. The molecule has 0 aromatic carbocycles. The first-order valence-corrected chi connectivity index (χ1v) is 10.6. The fourth-order valence-corrected chi connectivity index (χ4v) is 3.96. The van der Waals surface area contributed by atoms with Crippen LogP contribution in [-0.2, 0) is 4.74 Å². The molecule has 0 radical (unpaired) electrons. The molecule has 0 aromatic heterocycles. The lowest BCUT2D eigenvalue weighted by molar-refractivity contribution is 0.0625. The molecular weight excluding hydrogens is 326 g/mol. The summed E-state index contributed by atoms with van der Waals surface area (Å²) in [6.07, 6.45) is 3.65. The molecule has 0 aromatic rings. The van der Waals surface area contributed by atoms with Crippen LogP contribution >= 0.6 is 0 Å². The monoisotopic (exact) mass is 367 g/mol. The molecule has 0 bridgehead atoms. The minimum absolute atomic E-state index is 0.629. The minimum atomic E-state index is 0.629. The van der Waals surface area contributed by atoms with E-state index in [0.717, 1.165) is 38.2 Å². The van der Waals surface area contributed by atoms with Crippen molar-refractivity contribution in [3.8, 4) is 0 Å². The molecule has 0 spiro atoms. The van der Waals surface area contributed by atoms with Gasteiger partial charge < -0.3 is 24.8 Å². The van der Waals surface area contributed by atoms with Crippen LogP contribution in [0.2, 0.25) is 0 Å². The summed E-state index contributed by atoms with van der Waals surface area (Å²) in [5.74, 6) is 2.47. The topological polar surface area (TPSA) is 43.3 Å². The van der Waals surface area contributed by atoms with E-state index in [1.807, 2.05) is 7.05 Å². The second-order valence-corrected chi connectivity index (χ2v) is 8.03. The maximum absolute atomic E-state index is 5.46. The summed E-state index contributed by atoms with van der Waals surface area (Å²) < 4.78 is 5.46. The zero-order valence-electron chi connectivity index (χ0n) is 17.5. The van der Waals surface area contributed by atoms with Gasteiger partial charge in [-0.25, -0.2) is 0 Å². The fraction of sp³-hybridized carbons (Fsp3) is 0.950. The average Bonchev–Trinajstić information content (AvgIpc) is 2.68. The number of likely N-dealkylation sites (N-methyl/N-ethyl adjacent to an activating group) is 1. The van der Waals surface area contributed by atoms with Crippen molar-refractivity contribution < 1.29 is 4.74 Å². The third-order valence-electron chi connectivity index (χ3n) is 5.88. The van der Waals surface area contributed by atoms with Crippen LogP contribution in [0.1, 0.15) is 33.1 Å². The zero-order valence-corrected chi connectivity index (χ0v) is 17.5. The van der Waals surface area contributed by atoms with E-state index in [0.29, 0.717) is 5.92 Å². The molecule has 2 rings (SSSR count). The van der Waals surface area contributed by atoms with Crippen molar-refractivity contribution in [3.05, 3.63) is 0 Å². The minimum Gasteiger partial charge on any atom is -0.381 e. The van der Waals surface area contributed by atoms with E-state index in [-0.39, 0.29) is 0 Å². The highest BCUT2D eigenvalue weighted by molar-refractivity contribution is 5.79. The summed E-state index contributed by atoms with van der Waals surface area (Å²) >= 11 is 0. The maximum Gasteiger partial charge on any atom is 0.193 e. The van der Waals surface area contributed by atoms with Crippen LogP contribution in [0.15, 0.2) is 4.99 Å². The summed E-state index contributed by atoms with van der Waals surface area (Å²) in [6, 6.07) is 0. The third-order valence-corrected chi connectivity index (χ3v) is 5.88. The Balaban J connectivity index is 1.63. The standard InChI is InChI=1S/C20H41N5O/c1-5-24-10-12-25(13-11-24)17-18(2)16-22-20(21-3)23(4)9-6-19-7-14-26-15-8-19/h18-19H,5-17H2,1-4H3,(H,21,22). The first kappa shape index (κ1) is 21.5. The lowest BCUT2D eigenvalue weighted by Gasteiger charge is -2.35. The number of piperazine rings is 1. The van der Waals surface area contributed by atoms with Crippen molar-refractivity contribution in [2.45, 2.75) is 33.1 Å². The van der Waals surface area contributed by atoms with E-state index >= 15 is 0 Å². The van der Waals surface area contributed by atoms with Crippen LogP contribution in [0, 0.1) is 11.8 Å². The predicted octanol–water partition coefficient (Wildman–Crippen LogP) is 1.58. The number of nitrogens with one attached hydrogen (secondary N) is 1. The second-order valence-electron chi connectivity index (χ2n) is 8.03. The summed E-state index contributed by atoms with van der Waals surface area (Å²) in [5.41, 5.74) is 0. The Bertz CT molecular complexity index is 403. The molecule has 2 aliphatic rings. The van der Waals surface area contributed by atoms with Gasteiger partial charge in [-0.2, -0.15) is 0 Å². The molecule has 0 saturated carbocycles. The lowest BCUT2D eigenvalue weighted by atomic mass is 9.96. The molecule has 2 saturated heterocycles. The molecule has 1 atom stereocenters. The predicted molar refractivity (Wildman–Crippen MR) is 110 cm³/mol. The number of rotatable bonds is 8. The van der Waals surface area contributed by atoms with Crippen LogP contribution in [0.4, 0.5) is 0 Å². The van der Waals surface area contributed by atoms with Gasteiger partial charge in [-0.05, 0) is 37.6 Å². The molecule has 26 heavy (non-hydrogen) atoms. The number of aliphatic imine (C=N–C) groups is 1. The summed E-state index contributed by atoms with van der Waals surface area (Å²) in [4.78, 5) is 11.9. The number of nitrogens with zero attached hydrogens (tertiary/aromatic N) is 4. The van der Waals surface area contributed by atoms with Gasteiger partial charge in [0.25, 0.3) is 0 Å². The quantitative estimate of drug-likeness (QED) is 0.521. The number of ether oxygens (including phenoxy) is 1. The van der Waals surface area contributed by atoms with Crippen LogP contribution < -0.4 is 5.32 Å². The van der Waals surface area contributed by atoms with Crippen LogP contribution in [0.25, 0.3) is 0 Å². The van der Waals surface area contributed by atoms with E-state index in [4.69, 9.17) is 4.74 Å². The van der Waals surface area contributed by atoms with Gasteiger partial charge >= 0.3 is 0 Å². The van der Waals surface area contributed by atoms with Crippen molar-refractivity contribution >= 4 is 5.96 Å². The third kappa shape index (κ3) is 7.41. The van der Waals surface area contributed by atoms with E-state index in [2.05, 4.69) is 45.9 Å². The molecular formula is C20H41N5O. The Labute approximate surface area is 160 Å². The number of hydrogen-bond acceptors (Lipinski definition) is 4. The highest BCUT2D eigenvalue weighted by atomic mass is 16.5. The van der Waals surface area contributed by atoms with Crippen LogP contribution in [0.5, 0.6) is 0 Å². The van der Waals surface area contributed by atoms with Gasteiger partial charge in [0.1, 0.15) is 0 Å². The molecule has 6 nitrogen and oxygen atoms in total. The van der Waals surface area contributed by atoms with Crippen molar-refractivity contribution in [1.82, 2.24) is 20.0 Å². The molecule has 0 aliphatic carbocycles. The van der Waals surface area contributed by atoms with Gasteiger partial charge in [0.2, 0.25) is 0 Å². The van der Waals surface area contributed by atoms with Crippen molar-refractivity contribution in [1.29, 1.82) is 0 Å². The lowest BCUT2D eigenvalue weighted by Crippen LogP contribution is -2.48. The Morgan fingerprint density at radius 1 is 1.19 bits per heavy atom. The molecule has 6 heteroatoms. The number of hydrogen-bond donors (Lipinski definition) is 1. The van der Waals surface area contributed by atoms with Crippen LogP contribution in [0.3, 0.4) is 0 Å². The Morgan fingerprint density at radius 2 is 1.85 bits per heavy atom. The fourth-order valence-electron chi connectivity index (χ4n) is 3.96. The van der Waals surface area contributed by atoms with Crippen LogP contribution in [-0.4, -0.2) is 100 Å². The van der Waals surface area contributed by atoms with E-state index in [9.17, 15) is 0 Å². The van der Waals surface area contributed by atoms with E-state index in [1.54, 1.807) is 0 Å². The summed E-state index contributed by atoms with van der Waals surface area (Å²) in [5, 5.41) is 3.58. The zero-order chi connectivity index (χ0) is 18.8. The second kappa shape index (κ2) is 11.8. The molecule has 2 aliphatic heterocycles. The molecule has 0 amide bonds. The highest BCUT2D eigenvalue weighted by Crippen LogP contribution is 2.18. The van der Waals surface area contributed by atoms with Gasteiger partial charge in [-0.1, -0.05) is 13.8 Å². The summed E-state index contributed by atoms with van der Waals surface area (Å²) in [6.45, 7) is 15.7. The van der Waals surface area contributed by atoms with Gasteiger partial charge in [-0.15, -0.1) is 0 Å². The van der Waals surface area contributed by atoms with Crippen molar-refractivity contribution in [2.24, 2.45) is 16.8 Å². The van der Waals surface area contributed by atoms with Crippen molar-refractivity contribution in [2.75, 3.05) is 79.7 Å². The Hall–Kier alpha value is -0.850. The molecule has 152 valence electrons. The van der Waals surface area contributed by atoms with Gasteiger partial charge in [0.15, 0.2) is 5.96 Å². The normalized spacial score (nSPS) is 22.4. The summed E-state index contributed by atoms with van der Waals surface area (Å²) in [7, 11) is 4.05. The number of guanidine groups is 1. The van der Waals surface area contributed by atoms with Crippen molar-refractivity contribution in [3.63, 3.8) is 0 Å². The van der Waals surface area contributed by atoms with E-state index < -0.39 is 0 Å². The molecule has 1 N–H and O–H groups in total. The SMILES string of the molecule is CCN1CCN(CC(C)CNC(=NC)N(C)CCC2CCOCC2)CC1. The molecule has 2 fully saturated rings.